The Balaban J connectivity index is 1.41. The van der Waals surface area contributed by atoms with Crippen LogP contribution in [0.4, 0.5) is 0 Å². The Labute approximate surface area is 151 Å². The summed E-state index contributed by atoms with van der Waals surface area (Å²) in [6.07, 6.45) is 8.68. The van der Waals surface area contributed by atoms with Crippen LogP contribution in [0.15, 0.2) is 55.1 Å². The van der Waals surface area contributed by atoms with Gasteiger partial charge in [0.05, 0.1) is 12.4 Å². The molecule has 7 heteroatoms. The third kappa shape index (κ3) is 3.61. The van der Waals surface area contributed by atoms with Gasteiger partial charge in [0, 0.05) is 37.6 Å². The normalized spacial score (nSPS) is 17.2. The van der Waals surface area contributed by atoms with Crippen molar-refractivity contribution < 1.29 is 4.79 Å². The second kappa shape index (κ2) is 7.43. The maximum absolute atomic E-state index is 12.6. The van der Waals surface area contributed by atoms with Crippen LogP contribution in [0.2, 0.25) is 0 Å². The Morgan fingerprint density at radius 1 is 1.19 bits per heavy atom. The van der Waals surface area contributed by atoms with Crippen LogP contribution in [-0.2, 0) is 6.54 Å². The number of carbonyl (C=O) groups excluding carboxylic acids is 1. The maximum atomic E-state index is 12.6. The second-order valence-corrected chi connectivity index (χ2v) is 6.54. The van der Waals surface area contributed by atoms with Crippen LogP contribution in [0.3, 0.4) is 0 Å². The highest BCUT2D eigenvalue weighted by Crippen LogP contribution is 2.21. The Hall–Kier alpha value is -3.09. The summed E-state index contributed by atoms with van der Waals surface area (Å²) in [6.45, 7) is 2.22. The largest absolute Gasteiger partial charge is 0.337 e. The first-order chi connectivity index (χ1) is 12.8. The molecule has 0 N–H and O–H groups in total. The summed E-state index contributed by atoms with van der Waals surface area (Å²) < 4.78 is 1.88. The minimum absolute atomic E-state index is 0.0497. The van der Waals surface area contributed by atoms with E-state index in [9.17, 15) is 4.79 Å². The standard InChI is InChI=1S/C19H20N6O/c26-19(17-11-20-8-9-21-17)24-10-4-5-15(12-24)13-25-14-18(22-23-25)16-6-2-1-3-7-16/h1-3,6-9,11,14-15H,4-5,10,12-13H2. The van der Waals surface area contributed by atoms with Crippen molar-refractivity contribution in [2.24, 2.45) is 5.92 Å². The van der Waals surface area contributed by atoms with Crippen molar-refractivity contribution in [2.75, 3.05) is 13.1 Å². The molecular weight excluding hydrogens is 328 g/mol. The summed E-state index contributed by atoms with van der Waals surface area (Å²) in [5.41, 5.74) is 2.33. The van der Waals surface area contributed by atoms with Crippen molar-refractivity contribution >= 4 is 5.91 Å². The predicted octanol–water partition coefficient (Wildman–Crippen LogP) is 2.29. The smallest absolute Gasteiger partial charge is 0.274 e. The molecule has 2 aromatic heterocycles. The minimum atomic E-state index is -0.0497. The first-order valence-corrected chi connectivity index (χ1v) is 8.80. The van der Waals surface area contributed by atoms with E-state index in [2.05, 4.69) is 20.3 Å². The van der Waals surface area contributed by atoms with Gasteiger partial charge in [0.1, 0.15) is 11.4 Å². The number of likely N-dealkylation sites (tertiary alicyclic amines) is 1. The first kappa shape index (κ1) is 16.4. The van der Waals surface area contributed by atoms with E-state index in [0.29, 0.717) is 18.2 Å². The number of hydrogen-bond acceptors (Lipinski definition) is 5. The zero-order chi connectivity index (χ0) is 17.8. The van der Waals surface area contributed by atoms with E-state index in [1.165, 1.54) is 6.20 Å². The summed E-state index contributed by atoms with van der Waals surface area (Å²) in [4.78, 5) is 22.5. The number of piperidine rings is 1. The van der Waals surface area contributed by atoms with E-state index in [1.807, 2.05) is 46.1 Å². The molecule has 7 nitrogen and oxygen atoms in total. The molecule has 1 amide bonds. The molecule has 0 saturated carbocycles. The fraction of sp³-hybridized carbons (Fsp3) is 0.316. The first-order valence-electron chi connectivity index (χ1n) is 8.80. The average molecular weight is 348 g/mol. The van der Waals surface area contributed by atoms with Crippen molar-refractivity contribution in [2.45, 2.75) is 19.4 Å². The molecule has 1 aliphatic rings. The Kier molecular flexibility index (Phi) is 4.68. The zero-order valence-corrected chi connectivity index (χ0v) is 14.4. The van der Waals surface area contributed by atoms with Gasteiger partial charge in [-0.3, -0.25) is 14.5 Å². The van der Waals surface area contributed by atoms with E-state index in [0.717, 1.165) is 37.2 Å². The highest BCUT2D eigenvalue weighted by molar-refractivity contribution is 5.92. The molecule has 1 fully saturated rings. The Bertz CT molecular complexity index is 864. The lowest BCUT2D eigenvalue weighted by Crippen LogP contribution is -2.41. The lowest BCUT2D eigenvalue weighted by atomic mass is 9.98. The molecule has 0 bridgehead atoms. The Morgan fingerprint density at radius 2 is 2.08 bits per heavy atom. The Morgan fingerprint density at radius 3 is 2.88 bits per heavy atom. The average Bonchev–Trinajstić information content (AvgIpc) is 3.17. The number of nitrogens with zero attached hydrogens (tertiary/aromatic N) is 6. The molecule has 0 spiro atoms. The summed E-state index contributed by atoms with van der Waals surface area (Å²) >= 11 is 0. The molecule has 3 heterocycles. The molecule has 26 heavy (non-hydrogen) atoms. The highest BCUT2D eigenvalue weighted by atomic mass is 16.2. The van der Waals surface area contributed by atoms with Gasteiger partial charge in [-0.15, -0.1) is 5.10 Å². The molecule has 0 radical (unpaired) electrons. The maximum Gasteiger partial charge on any atom is 0.274 e. The van der Waals surface area contributed by atoms with E-state index in [-0.39, 0.29) is 5.91 Å². The molecule has 132 valence electrons. The molecule has 1 atom stereocenters. The fourth-order valence-corrected chi connectivity index (χ4v) is 3.36. The molecule has 0 aliphatic carbocycles. The van der Waals surface area contributed by atoms with Crippen LogP contribution in [0.5, 0.6) is 0 Å². The lowest BCUT2D eigenvalue weighted by molar-refractivity contribution is 0.0653. The molecule has 1 saturated heterocycles. The molecule has 1 aliphatic heterocycles. The van der Waals surface area contributed by atoms with Crippen LogP contribution in [0.25, 0.3) is 11.3 Å². The van der Waals surface area contributed by atoms with Gasteiger partial charge in [-0.25, -0.2) is 4.98 Å². The van der Waals surface area contributed by atoms with Gasteiger partial charge in [-0.2, -0.15) is 0 Å². The SMILES string of the molecule is O=C(c1cnccn1)N1CCCC(Cn2cc(-c3ccccc3)nn2)C1. The molecule has 4 rings (SSSR count). The van der Waals surface area contributed by atoms with Gasteiger partial charge in [-0.05, 0) is 18.8 Å². The van der Waals surface area contributed by atoms with Crippen molar-refractivity contribution in [3.8, 4) is 11.3 Å². The number of hydrogen-bond donors (Lipinski definition) is 0. The lowest BCUT2D eigenvalue weighted by Gasteiger charge is -2.32. The number of amides is 1. The zero-order valence-electron chi connectivity index (χ0n) is 14.4. The number of rotatable bonds is 4. The van der Waals surface area contributed by atoms with Crippen LogP contribution in [0.1, 0.15) is 23.3 Å². The number of carbonyl (C=O) groups is 1. The third-order valence-electron chi connectivity index (χ3n) is 4.64. The quantitative estimate of drug-likeness (QED) is 0.723. The number of aromatic nitrogens is 5. The highest BCUT2D eigenvalue weighted by Gasteiger charge is 2.25. The van der Waals surface area contributed by atoms with Crippen LogP contribution in [-0.4, -0.2) is 48.9 Å². The predicted molar refractivity (Wildman–Crippen MR) is 96.1 cm³/mol. The van der Waals surface area contributed by atoms with Gasteiger partial charge < -0.3 is 4.90 Å². The fourth-order valence-electron chi connectivity index (χ4n) is 3.36. The minimum Gasteiger partial charge on any atom is -0.337 e. The van der Waals surface area contributed by atoms with E-state index >= 15 is 0 Å². The number of benzene rings is 1. The van der Waals surface area contributed by atoms with E-state index in [1.54, 1.807) is 12.4 Å². The second-order valence-electron chi connectivity index (χ2n) is 6.54. The van der Waals surface area contributed by atoms with Crippen molar-refractivity contribution in [1.82, 2.24) is 29.9 Å². The molecule has 3 aromatic rings. The van der Waals surface area contributed by atoms with Gasteiger partial charge in [0.25, 0.3) is 5.91 Å². The summed E-state index contributed by atoms with van der Waals surface area (Å²) in [5, 5.41) is 8.52. The molecule has 1 unspecified atom stereocenters. The summed E-state index contributed by atoms with van der Waals surface area (Å²) in [7, 11) is 0. The van der Waals surface area contributed by atoms with Gasteiger partial charge in [-0.1, -0.05) is 35.5 Å². The van der Waals surface area contributed by atoms with Crippen LogP contribution < -0.4 is 0 Å². The van der Waals surface area contributed by atoms with Crippen LogP contribution >= 0.6 is 0 Å². The van der Waals surface area contributed by atoms with Crippen molar-refractivity contribution in [3.63, 3.8) is 0 Å². The summed E-state index contributed by atoms with van der Waals surface area (Å²) in [6, 6.07) is 10.0. The van der Waals surface area contributed by atoms with Gasteiger partial charge in [0.15, 0.2) is 0 Å². The van der Waals surface area contributed by atoms with E-state index in [4.69, 9.17) is 0 Å². The van der Waals surface area contributed by atoms with E-state index < -0.39 is 0 Å². The van der Waals surface area contributed by atoms with Crippen molar-refractivity contribution in [1.29, 1.82) is 0 Å². The van der Waals surface area contributed by atoms with Gasteiger partial charge >= 0.3 is 0 Å². The monoisotopic (exact) mass is 348 g/mol. The molecular formula is C19H20N6O. The molecule has 1 aromatic carbocycles. The van der Waals surface area contributed by atoms with Crippen LogP contribution in [0, 0.1) is 5.92 Å². The third-order valence-corrected chi connectivity index (χ3v) is 4.64. The topological polar surface area (TPSA) is 76.8 Å². The summed E-state index contributed by atoms with van der Waals surface area (Å²) in [5.74, 6) is 0.307. The van der Waals surface area contributed by atoms with Crippen molar-refractivity contribution in [3.05, 3.63) is 60.8 Å². The van der Waals surface area contributed by atoms with Gasteiger partial charge in [0.2, 0.25) is 0 Å².